The molecule has 1 aliphatic rings. The summed E-state index contributed by atoms with van der Waals surface area (Å²) in [6.07, 6.45) is 4.17. The molecule has 0 saturated heterocycles. The lowest BCUT2D eigenvalue weighted by Crippen LogP contribution is -2.15. The van der Waals surface area contributed by atoms with E-state index in [0.29, 0.717) is 5.92 Å². The van der Waals surface area contributed by atoms with Gasteiger partial charge in [-0.15, -0.1) is 0 Å². The van der Waals surface area contributed by atoms with Gasteiger partial charge in [0, 0.05) is 21.1 Å². The van der Waals surface area contributed by atoms with Crippen LogP contribution in [0.4, 0.5) is 0 Å². The molecule has 2 nitrogen and oxygen atoms in total. The Morgan fingerprint density at radius 2 is 2.22 bits per heavy atom. The molecule has 0 amide bonds. The number of halogens is 1. The van der Waals surface area contributed by atoms with Gasteiger partial charge in [0.15, 0.2) is 0 Å². The molecule has 2 N–H and O–H groups in total. The van der Waals surface area contributed by atoms with Crippen LogP contribution < -0.4 is 0 Å². The lowest BCUT2D eigenvalue weighted by atomic mass is 9.94. The summed E-state index contributed by atoms with van der Waals surface area (Å²) in [4.78, 5) is 3.44. The number of aliphatic hydroxyl groups is 1. The van der Waals surface area contributed by atoms with Crippen molar-refractivity contribution in [1.29, 1.82) is 0 Å². The second kappa shape index (κ2) is 4.71. The maximum Gasteiger partial charge on any atom is 0.0571 e. The molecular weight excluding hydrogens is 290 g/mol. The molecule has 0 radical (unpaired) electrons. The zero-order valence-corrected chi connectivity index (χ0v) is 12.1. The van der Waals surface area contributed by atoms with Gasteiger partial charge < -0.3 is 10.1 Å². The fourth-order valence-corrected chi connectivity index (χ4v) is 3.50. The Morgan fingerprint density at radius 3 is 2.94 bits per heavy atom. The van der Waals surface area contributed by atoms with Gasteiger partial charge in [-0.1, -0.05) is 22.4 Å². The van der Waals surface area contributed by atoms with Crippen LogP contribution in [-0.2, 0) is 6.42 Å². The van der Waals surface area contributed by atoms with Crippen molar-refractivity contribution >= 4 is 26.8 Å². The second-order valence-corrected chi connectivity index (χ2v) is 6.30. The molecule has 0 spiro atoms. The third-order valence-corrected chi connectivity index (χ3v) is 4.66. The summed E-state index contributed by atoms with van der Waals surface area (Å²) in [7, 11) is 0. The molecule has 96 valence electrons. The molecule has 1 saturated carbocycles. The number of fused-ring (bicyclic) bond motifs is 1. The SMILES string of the molecule is Cc1[nH]c2ccc(Br)cc2c1CC1CCCC1O. The fourth-order valence-electron chi connectivity index (χ4n) is 3.14. The Labute approximate surface area is 116 Å². The summed E-state index contributed by atoms with van der Waals surface area (Å²) in [5.41, 5.74) is 3.80. The van der Waals surface area contributed by atoms with E-state index in [9.17, 15) is 5.11 Å². The van der Waals surface area contributed by atoms with Crippen LogP contribution in [0.1, 0.15) is 30.5 Å². The van der Waals surface area contributed by atoms with E-state index in [1.807, 2.05) is 0 Å². The van der Waals surface area contributed by atoms with Crippen LogP contribution in [0.25, 0.3) is 10.9 Å². The predicted octanol–water partition coefficient (Wildman–Crippen LogP) is 3.94. The van der Waals surface area contributed by atoms with Crippen LogP contribution in [0, 0.1) is 12.8 Å². The first-order valence-electron chi connectivity index (χ1n) is 6.60. The predicted molar refractivity (Wildman–Crippen MR) is 77.8 cm³/mol. The topological polar surface area (TPSA) is 36.0 Å². The van der Waals surface area contributed by atoms with Crippen molar-refractivity contribution in [2.24, 2.45) is 5.92 Å². The van der Waals surface area contributed by atoms with Crippen molar-refractivity contribution in [2.75, 3.05) is 0 Å². The van der Waals surface area contributed by atoms with E-state index in [-0.39, 0.29) is 6.10 Å². The van der Waals surface area contributed by atoms with Gasteiger partial charge in [0.2, 0.25) is 0 Å². The summed E-state index contributed by atoms with van der Waals surface area (Å²) < 4.78 is 1.11. The van der Waals surface area contributed by atoms with Crippen molar-refractivity contribution in [2.45, 2.75) is 38.7 Å². The average molecular weight is 308 g/mol. The molecule has 1 aromatic heterocycles. The van der Waals surface area contributed by atoms with Crippen LogP contribution in [0.3, 0.4) is 0 Å². The van der Waals surface area contributed by atoms with Crippen LogP contribution in [-0.4, -0.2) is 16.2 Å². The molecule has 2 atom stereocenters. The molecule has 1 fully saturated rings. The number of hydrogen-bond donors (Lipinski definition) is 2. The molecule has 2 aromatic rings. The zero-order valence-electron chi connectivity index (χ0n) is 10.5. The largest absolute Gasteiger partial charge is 0.393 e. The summed E-state index contributed by atoms with van der Waals surface area (Å²) in [5.74, 6) is 0.432. The average Bonchev–Trinajstić information content (AvgIpc) is 2.86. The van der Waals surface area contributed by atoms with Crippen molar-refractivity contribution in [3.8, 4) is 0 Å². The summed E-state index contributed by atoms with van der Waals surface area (Å²) in [6, 6.07) is 6.35. The first-order chi connectivity index (χ1) is 8.65. The number of nitrogens with one attached hydrogen (secondary N) is 1. The Kier molecular flexibility index (Phi) is 3.20. The Hall–Kier alpha value is -0.800. The fraction of sp³-hybridized carbons (Fsp3) is 0.467. The van der Waals surface area contributed by atoms with Crippen molar-refractivity contribution in [3.63, 3.8) is 0 Å². The molecule has 3 rings (SSSR count). The Bertz CT molecular complexity index is 575. The number of aryl methyl sites for hydroxylation is 1. The Morgan fingerprint density at radius 1 is 1.39 bits per heavy atom. The molecular formula is C15H18BrNO. The van der Waals surface area contributed by atoms with Gasteiger partial charge in [0.25, 0.3) is 0 Å². The summed E-state index contributed by atoms with van der Waals surface area (Å²) in [6.45, 7) is 2.13. The number of aliphatic hydroxyl groups excluding tert-OH is 1. The van der Waals surface area contributed by atoms with Gasteiger partial charge in [-0.05, 0) is 55.9 Å². The summed E-state index contributed by atoms with van der Waals surface area (Å²) in [5, 5.41) is 11.3. The number of hydrogen-bond acceptors (Lipinski definition) is 1. The minimum Gasteiger partial charge on any atom is -0.393 e. The third-order valence-electron chi connectivity index (χ3n) is 4.17. The number of aromatic nitrogens is 1. The van der Waals surface area contributed by atoms with Crippen molar-refractivity contribution in [1.82, 2.24) is 4.98 Å². The maximum atomic E-state index is 9.99. The molecule has 1 heterocycles. The molecule has 1 aliphatic carbocycles. The highest BCUT2D eigenvalue weighted by Gasteiger charge is 2.26. The molecule has 0 aliphatic heterocycles. The number of benzene rings is 1. The van der Waals surface area contributed by atoms with Crippen LogP contribution in [0.2, 0.25) is 0 Å². The minimum atomic E-state index is -0.110. The van der Waals surface area contributed by atoms with Gasteiger partial charge in [0.1, 0.15) is 0 Å². The quantitative estimate of drug-likeness (QED) is 0.866. The zero-order chi connectivity index (χ0) is 12.7. The van der Waals surface area contributed by atoms with E-state index in [2.05, 4.69) is 46.0 Å². The molecule has 3 heteroatoms. The lowest BCUT2D eigenvalue weighted by molar-refractivity contribution is 0.133. The maximum absolute atomic E-state index is 9.99. The Balaban J connectivity index is 1.99. The first kappa shape index (κ1) is 12.2. The van der Waals surface area contributed by atoms with Gasteiger partial charge in [-0.3, -0.25) is 0 Å². The first-order valence-corrected chi connectivity index (χ1v) is 7.39. The third kappa shape index (κ3) is 2.10. The van der Waals surface area contributed by atoms with Crippen LogP contribution in [0.5, 0.6) is 0 Å². The van der Waals surface area contributed by atoms with Crippen molar-refractivity contribution < 1.29 is 5.11 Å². The van der Waals surface area contributed by atoms with E-state index in [1.165, 1.54) is 22.2 Å². The van der Waals surface area contributed by atoms with Crippen molar-refractivity contribution in [3.05, 3.63) is 33.9 Å². The summed E-state index contributed by atoms with van der Waals surface area (Å²) >= 11 is 3.54. The number of aromatic amines is 1. The van der Waals surface area contributed by atoms with Gasteiger partial charge in [0.05, 0.1) is 6.10 Å². The monoisotopic (exact) mass is 307 g/mol. The molecule has 18 heavy (non-hydrogen) atoms. The normalized spacial score (nSPS) is 23.9. The van der Waals surface area contributed by atoms with Gasteiger partial charge in [-0.2, -0.15) is 0 Å². The van der Waals surface area contributed by atoms with E-state index in [0.717, 1.165) is 30.2 Å². The van der Waals surface area contributed by atoms with E-state index >= 15 is 0 Å². The van der Waals surface area contributed by atoms with E-state index in [4.69, 9.17) is 0 Å². The van der Waals surface area contributed by atoms with E-state index in [1.54, 1.807) is 0 Å². The second-order valence-electron chi connectivity index (χ2n) is 5.38. The van der Waals surface area contributed by atoms with Crippen LogP contribution in [0.15, 0.2) is 22.7 Å². The highest BCUT2D eigenvalue weighted by atomic mass is 79.9. The van der Waals surface area contributed by atoms with Gasteiger partial charge in [-0.25, -0.2) is 0 Å². The van der Waals surface area contributed by atoms with Crippen LogP contribution >= 0.6 is 15.9 Å². The smallest absolute Gasteiger partial charge is 0.0571 e. The molecule has 2 unspecified atom stereocenters. The highest BCUT2D eigenvalue weighted by Crippen LogP contribution is 2.33. The number of H-pyrrole nitrogens is 1. The standard InChI is InChI=1S/C15H18BrNO/c1-9-12(7-10-3-2-4-15(10)18)13-8-11(16)5-6-14(13)17-9/h5-6,8,10,15,17-18H,2-4,7H2,1H3. The minimum absolute atomic E-state index is 0.110. The number of rotatable bonds is 2. The highest BCUT2D eigenvalue weighted by molar-refractivity contribution is 9.10. The van der Waals surface area contributed by atoms with E-state index < -0.39 is 0 Å². The molecule has 0 bridgehead atoms. The molecule has 1 aromatic carbocycles. The van der Waals surface area contributed by atoms with Gasteiger partial charge >= 0.3 is 0 Å². The lowest BCUT2D eigenvalue weighted by Gasteiger charge is -2.14.